The van der Waals surface area contributed by atoms with Crippen LogP contribution in [0.3, 0.4) is 0 Å². The second-order valence-corrected chi connectivity index (χ2v) is 6.45. The van der Waals surface area contributed by atoms with Crippen molar-refractivity contribution in [1.29, 1.82) is 0 Å². The Morgan fingerprint density at radius 3 is 2.53 bits per heavy atom. The van der Waals surface area contributed by atoms with E-state index in [1.807, 2.05) is 18.7 Å². The molecular formula is C14H26N2O3. The number of likely N-dealkylation sites (tertiary alicyclic amines) is 1. The summed E-state index contributed by atoms with van der Waals surface area (Å²) in [4.78, 5) is 24.6. The molecule has 1 aliphatic rings. The monoisotopic (exact) mass is 270 g/mol. The first-order valence-corrected chi connectivity index (χ1v) is 7.00. The highest BCUT2D eigenvalue weighted by atomic mass is 16.4. The molecule has 1 heterocycles. The molecule has 0 radical (unpaired) electrons. The Kier molecular flexibility index (Phi) is 5.20. The molecule has 1 atom stereocenters. The number of rotatable bonds is 5. The van der Waals surface area contributed by atoms with Gasteiger partial charge in [0.15, 0.2) is 0 Å². The van der Waals surface area contributed by atoms with Crippen LogP contribution in [0.5, 0.6) is 0 Å². The van der Waals surface area contributed by atoms with Gasteiger partial charge in [-0.25, -0.2) is 4.79 Å². The van der Waals surface area contributed by atoms with Gasteiger partial charge in [-0.1, -0.05) is 13.8 Å². The Labute approximate surface area is 115 Å². The maximum Gasteiger partial charge on any atom is 0.317 e. The summed E-state index contributed by atoms with van der Waals surface area (Å²) < 4.78 is 0. The topological polar surface area (TPSA) is 69.6 Å². The Balaban J connectivity index is 2.44. The van der Waals surface area contributed by atoms with Crippen molar-refractivity contribution in [2.75, 3.05) is 13.1 Å². The minimum Gasteiger partial charge on any atom is -0.481 e. The van der Waals surface area contributed by atoms with Crippen molar-refractivity contribution in [3.8, 4) is 0 Å². The van der Waals surface area contributed by atoms with Gasteiger partial charge >= 0.3 is 12.0 Å². The number of carbonyl (C=O) groups excluding carboxylic acids is 1. The molecule has 0 aromatic rings. The zero-order chi connectivity index (χ0) is 14.6. The van der Waals surface area contributed by atoms with E-state index in [1.165, 1.54) is 0 Å². The maximum atomic E-state index is 12.1. The second-order valence-electron chi connectivity index (χ2n) is 6.45. The fourth-order valence-electron chi connectivity index (χ4n) is 2.37. The molecule has 0 bridgehead atoms. The van der Waals surface area contributed by atoms with E-state index >= 15 is 0 Å². The van der Waals surface area contributed by atoms with Gasteiger partial charge in [0.25, 0.3) is 0 Å². The van der Waals surface area contributed by atoms with Gasteiger partial charge in [0, 0.05) is 25.0 Å². The van der Waals surface area contributed by atoms with Gasteiger partial charge in [0.2, 0.25) is 0 Å². The van der Waals surface area contributed by atoms with E-state index in [-0.39, 0.29) is 12.5 Å². The predicted molar refractivity (Wildman–Crippen MR) is 74.0 cm³/mol. The van der Waals surface area contributed by atoms with E-state index in [9.17, 15) is 9.59 Å². The second kappa shape index (κ2) is 6.26. The number of carboxylic acid groups (broad SMARTS) is 1. The molecule has 1 fully saturated rings. The summed E-state index contributed by atoms with van der Waals surface area (Å²) in [5.41, 5.74) is -0.481. The number of carboxylic acids is 1. The number of urea groups is 1. The summed E-state index contributed by atoms with van der Waals surface area (Å²) in [6.45, 7) is 9.70. The Morgan fingerprint density at radius 1 is 1.42 bits per heavy atom. The van der Waals surface area contributed by atoms with E-state index < -0.39 is 11.5 Å². The number of hydrogen-bond acceptors (Lipinski definition) is 2. The largest absolute Gasteiger partial charge is 0.481 e. The molecule has 1 saturated heterocycles. The third-order valence-corrected chi connectivity index (χ3v) is 3.86. The highest BCUT2D eigenvalue weighted by Gasteiger charge is 2.30. The van der Waals surface area contributed by atoms with Gasteiger partial charge in [0.05, 0.1) is 0 Å². The number of nitrogens with one attached hydrogen (secondary N) is 1. The predicted octanol–water partition coefficient (Wildman–Crippen LogP) is 2.32. The van der Waals surface area contributed by atoms with Crippen LogP contribution in [0.15, 0.2) is 0 Å². The van der Waals surface area contributed by atoms with Gasteiger partial charge in [-0.05, 0) is 38.5 Å². The van der Waals surface area contributed by atoms with Crippen molar-refractivity contribution < 1.29 is 14.7 Å². The summed E-state index contributed by atoms with van der Waals surface area (Å²) in [7, 11) is 0. The Hall–Kier alpha value is -1.26. The van der Waals surface area contributed by atoms with Crippen LogP contribution >= 0.6 is 0 Å². The third kappa shape index (κ3) is 5.09. The summed E-state index contributed by atoms with van der Waals surface area (Å²) in [5.74, 6) is 0.342. The first-order chi connectivity index (χ1) is 8.71. The minimum atomic E-state index is -0.830. The molecule has 1 aliphatic heterocycles. The van der Waals surface area contributed by atoms with E-state index in [4.69, 9.17) is 5.11 Å². The van der Waals surface area contributed by atoms with Crippen LogP contribution in [0.1, 0.15) is 47.0 Å². The quantitative estimate of drug-likeness (QED) is 0.805. The van der Waals surface area contributed by atoms with Gasteiger partial charge in [-0.15, -0.1) is 0 Å². The van der Waals surface area contributed by atoms with Crippen LogP contribution in [0, 0.1) is 11.8 Å². The lowest BCUT2D eigenvalue weighted by molar-refractivity contribution is -0.137. The summed E-state index contributed by atoms with van der Waals surface area (Å²) >= 11 is 0. The van der Waals surface area contributed by atoms with Gasteiger partial charge in [0.1, 0.15) is 0 Å². The van der Waals surface area contributed by atoms with E-state index in [1.54, 1.807) is 0 Å². The van der Waals surface area contributed by atoms with Crippen LogP contribution in [-0.4, -0.2) is 40.6 Å². The number of nitrogens with zero attached hydrogens (tertiary/aromatic N) is 1. The van der Waals surface area contributed by atoms with Crippen LogP contribution in [0.4, 0.5) is 4.79 Å². The van der Waals surface area contributed by atoms with E-state index in [2.05, 4.69) is 19.2 Å². The zero-order valence-corrected chi connectivity index (χ0v) is 12.4. The molecule has 19 heavy (non-hydrogen) atoms. The van der Waals surface area contributed by atoms with Crippen molar-refractivity contribution in [1.82, 2.24) is 10.2 Å². The number of hydrogen-bond donors (Lipinski definition) is 2. The highest BCUT2D eigenvalue weighted by molar-refractivity contribution is 5.75. The highest BCUT2D eigenvalue weighted by Crippen LogP contribution is 2.24. The molecule has 110 valence electrons. The van der Waals surface area contributed by atoms with Crippen molar-refractivity contribution in [3.63, 3.8) is 0 Å². The normalized spacial score (nSPS) is 19.8. The van der Waals surface area contributed by atoms with Gasteiger partial charge in [-0.2, -0.15) is 0 Å². The standard InChI is InChI=1S/C14H26N2O3/c1-10(2)11-6-8-16(9-11)13(19)15-14(3,4)7-5-12(17)18/h10-11H,5-9H2,1-4H3,(H,15,19)(H,17,18). The summed E-state index contributed by atoms with van der Waals surface area (Å²) in [6, 6.07) is -0.0708. The number of amides is 2. The van der Waals surface area contributed by atoms with Crippen LogP contribution in [-0.2, 0) is 4.79 Å². The average molecular weight is 270 g/mol. The van der Waals surface area contributed by atoms with E-state index in [0.717, 1.165) is 19.5 Å². The molecule has 0 aromatic heterocycles. The zero-order valence-electron chi connectivity index (χ0n) is 12.4. The Bertz CT molecular complexity index is 340. The molecule has 1 unspecified atom stereocenters. The lowest BCUT2D eigenvalue weighted by Gasteiger charge is -2.29. The smallest absolute Gasteiger partial charge is 0.317 e. The van der Waals surface area contributed by atoms with Crippen LogP contribution in [0.25, 0.3) is 0 Å². The molecule has 5 heteroatoms. The number of carbonyl (C=O) groups is 2. The third-order valence-electron chi connectivity index (χ3n) is 3.86. The minimum absolute atomic E-state index is 0.0708. The van der Waals surface area contributed by atoms with Crippen LogP contribution < -0.4 is 5.32 Å². The number of aliphatic carboxylic acids is 1. The molecule has 0 aromatic carbocycles. The fraction of sp³-hybridized carbons (Fsp3) is 0.857. The molecule has 0 spiro atoms. The van der Waals surface area contributed by atoms with Crippen molar-refractivity contribution in [2.24, 2.45) is 11.8 Å². The van der Waals surface area contributed by atoms with Gasteiger partial charge < -0.3 is 15.3 Å². The van der Waals surface area contributed by atoms with Crippen molar-refractivity contribution in [3.05, 3.63) is 0 Å². The SMILES string of the molecule is CC(C)C1CCN(C(=O)NC(C)(C)CCC(=O)O)C1. The molecule has 1 rings (SSSR count). The van der Waals surface area contributed by atoms with Crippen LogP contribution in [0.2, 0.25) is 0 Å². The average Bonchev–Trinajstić information content (AvgIpc) is 2.75. The van der Waals surface area contributed by atoms with Gasteiger partial charge in [-0.3, -0.25) is 4.79 Å². The summed E-state index contributed by atoms with van der Waals surface area (Å²) in [5, 5.41) is 11.6. The van der Waals surface area contributed by atoms with Crippen molar-refractivity contribution in [2.45, 2.75) is 52.5 Å². The molecule has 2 N–H and O–H groups in total. The van der Waals surface area contributed by atoms with E-state index in [0.29, 0.717) is 18.3 Å². The summed E-state index contributed by atoms with van der Waals surface area (Å²) in [6.07, 6.45) is 1.57. The maximum absolute atomic E-state index is 12.1. The first kappa shape index (κ1) is 15.8. The lowest BCUT2D eigenvalue weighted by Crippen LogP contribution is -2.49. The molecule has 0 aliphatic carbocycles. The molecule has 5 nitrogen and oxygen atoms in total. The Morgan fingerprint density at radius 2 is 2.05 bits per heavy atom. The fourth-order valence-corrected chi connectivity index (χ4v) is 2.37. The first-order valence-electron chi connectivity index (χ1n) is 7.00. The molecule has 2 amide bonds. The molecule has 0 saturated carbocycles. The van der Waals surface area contributed by atoms with Crippen molar-refractivity contribution >= 4 is 12.0 Å². The molecular weight excluding hydrogens is 244 g/mol. The lowest BCUT2D eigenvalue weighted by atomic mass is 9.95.